The van der Waals surface area contributed by atoms with Gasteiger partial charge >= 0.3 is 0 Å². The molecule has 0 aliphatic carbocycles. The van der Waals surface area contributed by atoms with Gasteiger partial charge in [-0.25, -0.2) is 0 Å². The number of halogens is 1. The van der Waals surface area contributed by atoms with Crippen molar-refractivity contribution in [1.29, 1.82) is 0 Å². The van der Waals surface area contributed by atoms with Gasteiger partial charge in [-0.1, -0.05) is 41.6 Å². The summed E-state index contributed by atoms with van der Waals surface area (Å²) in [5, 5.41) is 12.8. The molecule has 0 aliphatic rings. The fourth-order valence-electron chi connectivity index (χ4n) is 1.48. The number of nitrogens with one attached hydrogen (secondary N) is 1. The largest absolute Gasteiger partial charge is 0.491 e. The maximum atomic E-state index is 9.72. The minimum absolute atomic E-state index is 0.287. The lowest BCUT2D eigenvalue weighted by molar-refractivity contribution is 0.107. The zero-order valence-corrected chi connectivity index (χ0v) is 12.2. The molecule has 4 heteroatoms. The second-order valence-electron chi connectivity index (χ2n) is 4.11. The normalized spacial score (nSPS) is 12.2. The molecular formula is C14H20BrNO2. The number of hydrogen-bond acceptors (Lipinski definition) is 3. The van der Waals surface area contributed by atoms with Gasteiger partial charge in [0.2, 0.25) is 0 Å². The molecule has 0 amide bonds. The van der Waals surface area contributed by atoms with Gasteiger partial charge in [-0.15, -0.1) is 0 Å². The summed E-state index contributed by atoms with van der Waals surface area (Å²) in [6.45, 7) is 7.22. The van der Waals surface area contributed by atoms with E-state index in [-0.39, 0.29) is 6.61 Å². The molecule has 18 heavy (non-hydrogen) atoms. The molecule has 3 nitrogen and oxygen atoms in total. The van der Waals surface area contributed by atoms with E-state index in [9.17, 15) is 5.11 Å². The summed E-state index contributed by atoms with van der Waals surface area (Å²) in [6, 6.07) is 7.93. The second kappa shape index (κ2) is 8.29. The van der Waals surface area contributed by atoms with Crippen molar-refractivity contribution in [3.8, 4) is 5.75 Å². The van der Waals surface area contributed by atoms with Crippen molar-refractivity contribution in [2.45, 2.75) is 19.4 Å². The first-order valence-corrected chi connectivity index (χ1v) is 6.85. The molecule has 1 aromatic rings. The Hall–Kier alpha value is -0.840. The van der Waals surface area contributed by atoms with E-state index in [2.05, 4.69) is 40.8 Å². The van der Waals surface area contributed by atoms with E-state index >= 15 is 0 Å². The third-order valence-corrected chi connectivity index (χ3v) is 2.73. The number of benzene rings is 1. The molecule has 1 atom stereocenters. The van der Waals surface area contributed by atoms with Crippen molar-refractivity contribution in [2.75, 3.05) is 19.7 Å². The van der Waals surface area contributed by atoms with Gasteiger partial charge in [0.1, 0.15) is 18.5 Å². The van der Waals surface area contributed by atoms with Crippen molar-refractivity contribution in [2.24, 2.45) is 0 Å². The average Bonchev–Trinajstić information content (AvgIpc) is 2.36. The Labute approximate surface area is 117 Å². The van der Waals surface area contributed by atoms with Crippen molar-refractivity contribution < 1.29 is 9.84 Å². The van der Waals surface area contributed by atoms with Crippen LogP contribution in [-0.4, -0.2) is 30.9 Å². The lowest BCUT2D eigenvalue weighted by Gasteiger charge is -2.13. The maximum Gasteiger partial charge on any atom is 0.119 e. The van der Waals surface area contributed by atoms with E-state index in [1.807, 2.05) is 18.2 Å². The van der Waals surface area contributed by atoms with Gasteiger partial charge in [-0.05, 0) is 24.1 Å². The third kappa shape index (κ3) is 6.19. The lowest BCUT2D eigenvalue weighted by atomic mass is 10.2. The number of aliphatic hydroxyl groups is 1. The molecule has 1 aromatic carbocycles. The van der Waals surface area contributed by atoms with Gasteiger partial charge in [0.15, 0.2) is 0 Å². The number of rotatable bonds is 8. The van der Waals surface area contributed by atoms with Crippen molar-refractivity contribution in [1.82, 2.24) is 5.32 Å². The van der Waals surface area contributed by atoms with Gasteiger partial charge in [-0.3, -0.25) is 0 Å². The molecule has 0 heterocycles. The Morgan fingerprint density at radius 3 is 3.00 bits per heavy atom. The monoisotopic (exact) mass is 313 g/mol. The number of aryl methyl sites for hydroxylation is 1. The summed E-state index contributed by atoms with van der Waals surface area (Å²) in [7, 11) is 0. The van der Waals surface area contributed by atoms with E-state index < -0.39 is 6.10 Å². The number of ether oxygens (including phenoxy) is 1. The predicted molar refractivity (Wildman–Crippen MR) is 78.3 cm³/mol. The maximum absolute atomic E-state index is 9.72. The Morgan fingerprint density at radius 2 is 2.33 bits per heavy atom. The first kappa shape index (κ1) is 15.2. The van der Waals surface area contributed by atoms with Crippen LogP contribution in [0, 0.1) is 0 Å². The summed E-state index contributed by atoms with van der Waals surface area (Å²) < 4.78 is 6.41. The highest BCUT2D eigenvalue weighted by atomic mass is 79.9. The summed E-state index contributed by atoms with van der Waals surface area (Å²) in [5.41, 5.74) is 1.23. The Morgan fingerprint density at radius 1 is 1.56 bits per heavy atom. The first-order valence-electron chi connectivity index (χ1n) is 6.05. The van der Waals surface area contributed by atoms with E-state index in [0.29, 0.717) is 13.1 Å². The predicted octanol–water partition coefficient (Wildman–Crippen LogP) is 2.49. The van der Waals surface area contributed by atoms with Crippen LogP contribution < -0.4 is 10.1 Å². The van der Waals surface area contributed by atoms with Crippen LogP contribution in [0.3, 0.4) is 0 Å². The van der Waals surface area contributed by atoms with Crippen LogP contribution in [0.15, 0.2) is 35.3 Å². The quantitative estimate of drug-likeness (QED) is 0.775. The second-order valence-corrected chi connectivity index (χ2v) is 5.24. The van der Waals surface area contributed by atoms with Crippen LogP contribution >= 0.6 is 15.9 Å². The van der Waals surface area contributed by atoms with Gasteiger partial charge in [0, 0.05) is 17.6 Å². The molecular weight excluding hydrogens is 294 g/mol. The first-order chi connectivity index (χ1) is 8.61. The van der Waals surface area contributed by atoms with E-state index in [1.165, 1.54) is 5.56 Å². The standard InChI is InChI=1S/C14H20BrNO2/c1-3-12-5-4-6-14(7-12)18-10-13(17)9-16-8-11(2)15/h4-7,13,16-17H,2-3,8-10H2,1H3. The summed E-state index contributed by atoms with van der Waals surface area (Å²) >= 11 is 3.25. The number of aliphatic hydroxyl groups excluding tert-OH is 1. The topological polar surface area (TPSA) is 41.5 Å². The molecule has 0 spiro atoms. The minimum Gasteiger partial charge on any atom is -0.491 e. The molecule has 100 valence electrons. The molecule has 0 saturated carbocycles. The number of hydrogen-bond donors (Lipinski definition) is 2. The van der Waals surface area contributed by atoms with Crippen LogP contribution in [0.2, 0.25) is 0 Å². The van der Waals surface area contributed by atoms with Crippen molar-refractivity contribution in [3.05, 3.63) is 40.9 Å². The van der Waals surface area contributed by atoms with Gasteiger partial charge in [0.25, 0.3) is 0 Å². The van der Waals surface area contributed by atoms with Gasteiger partial charge in [-0.2, -0.15) is 0 Å². The molecule has 1 unspecified atom stereocenters. The van der Waals surface area contributed by atoms with Crippen LogP contribution in [0.25, 0.3) is 0 Å². The molecule has 0 aliphatic heterocycles. The lowest BCUT2D eigenvalue weighted by Crippen LogP contribution is -2.32. The highest BCUT2D eigenvalue weighted by Gasteiger charge is 2.05. The molecule has 0 bridgehead atoms. The SMILES string of the molecule is C=C(Br)CNCC(O)COc1cccc(CC)c1. The zero-order valence-electron chi connectivity index (χ0n) is 10.7. The molecule has 0 saturated heterocycles. The van der Waals surface area contributed by atoms with Crippen LogP contribution in [0.1, 0.15) is 12.5 Å². The van der Waals surface area contributed by atoms with Crippen molar-refractivity contribution in [3.63, 3.8) is 0 Å². The molecule has 2 N–H and O–H groups in total. The zero-order chi connectivity index (χ0) is 13.4. The Balaban J connectivity index is 2.28. The van der Waals surface area contributed by atoms with Crippen LogP contribution in [0.4, 0.5) is 0 Å². The van der Waals surface area contributed by atoms with Crippen LogP contribution in [0.5, 0.6) is 5.75 Å². The average molecular weight is 314 g/mol. The van der Waals surface area contributed by atoms with E-state index in [1.54, 1.807) is 0 Å². The van der Waals surface area contributed by atoms with E-state index in [0.717, 1.165) is 16.7 Å². The molecule has 0 radical (unpaired) electrons. The molecule has 0 aromatic heterocycles. The van der Waals surface area contributed by atoms with Gasteiger partial charge in [0.05, 0.1) is 0 Å². The van der Waals surface area contributed by atoms with Gasteiger partial charge < -0.3 is 15.2 Å². The smallest absolute Gasteiger partial charge is 0.119 e. The Bertz CT molecular complexity index is 382. The highest BCUT2D eigenvalue weighted by molar-refractivity contribution is 9.11. The summed E-state index contributed by atoms with van der Waals surface area (Å²) in [4.78, 5) is 0. The minimum atomic E-state index is -0.526. The summed E-state index contributed by atoms with van der Waals surface area (Å²) in [5.74, 6) is 0.804. The fourth-order valence-corrected chi connectivity index (χ4v) is 1.68. The Kier molecular flexibility index (Phi) is 7.01. The van der Waals surface area contributed by atoms with E-state index in [4.69, 9.17) is 4.74 Å². The molecule has 1 rings (SSSR count). The van der Waals surface area contributed by atoms with Crippen LogP contribution in [-0.2, 0) is 6.42 Å². The summed E-state index contributed by atoms with van der Waals surface area (Å²) in [6.07, 6.45) is 0.455. The van der Waals surface area contributed by atoms with Crippen molar-refractivity contribution >= 4 is 15.9 Å². The third-order valence-electron chi connectivity index (χ3n) is 2.45. The fraction of sp³-hybridized carbons (Fsp3) is 0.429. The highest BCUT2D eigenvalue weighted by Crippen LogP contribution is 2.13. The molecule has 0 fully saturated rings.